The van der Waals surface area contributed by atoms with Crippen LogP contribution in [0.25, 0.3) is 0 Å². The second-order valence-electron chi connectivity index (χ2n) is 1.74. The molecule has 11 heavy (non-hydrogen) atoms. The lowest BCUT2D eigenvalue weighted by molar-refractivity contribution is -0.180. The maximum absolute atomic E-state index is 12.3. The molecule has 0 aromatic heterocycles. The Morgan fingerprint density at radius 3 is 2.55 bits per heavy atom. The van der Waals surface area contributed by atoms with Gasteiger partial charge in [0.2, 0.25) is 0 Å². The summed E-state index contributed by atoms with van der Waals surface area (Å²) in [4.78, 5) is 14.0. The molecule has 0 aromatic carbocycles. The number of nitrogens with two attached hydrogens (primary N) is 1. The van der Waals surface area contributed by atoms with Gasteiger partial charge in [0.05, 0.1) is 6.61 Å². The van der Waals surface area contributed by atoms with E-state index >= 15 is 0 Å². The van der Waals surface area contributed by atoms with Crippen LogP contribution < -0.4 is 5.90 Å². The predicted molar refractivity (Wildman–Crippen MR) is 31.7 cm³/mol. The van der Waals surface area contributed by atoms with E-state index in [0.29, 0.717) is 0 Å². The van der Waals surface area contributed by atoms with Gasteiger partial charge >= 0.3 is 11.9 Å². The molecular weight excluding hydrogens is 160 g/mol. The van der Waals surface area contributed by atoms with Gasteiger partial charge in [0.25, 0.3) is 0 Å². The van der Waals surface area contributed by atoms with Crippen molar-refractivity contribution >= 4 is 5.97 Å². The fourth-order valence-corrected chi connectivity index (χ4v) is 0.400. The molecular formula is C5H9F2NO3. The van der Waals surface area contributed by atoms with E-state index in [1.807, 2.05) is 0 Å². The summed E-state index contributed by atoms with van der Waals surface area (Å²) in [5.41, 5.74) is 0. The molecule has 66 valence electrons. The van der Waals surface area contributed by atoms with Crippen LogP contribution in [0.2, 0.25) is 0 Å². The van der Waals surface area contributed by atoms with Gasteiger partial charge in [0, 0.05) is 0 Å². The number of carbonyl (C=O) groups is 1. The van der Waals surface area contributed by atoms with Crippen LogP contribution in [-0.2, 0) is 14.4 Å². The minimum Gasteiger partial charge on any atom is -0.461 e. The van der Waals surface area contributed by atoms with Crippen molar-refractivity contribution in [3.05, 3.63) is 0 Å². The molecule has 0 fully saturated rings. The Labute approximate surface area is 62.2 Å². The summed E-state index contributed by atoms with van der Waals surface area (Å²) in [5.74, 6) is -0.907. The molecule has 0 aliphatic carbocycles. The molecule has 4 nitrogen and oxygen atoms in total. The van der Waals surface area contributed by atoms with Crippen molar-refractivity contribution in [1.29, 1.82) is 0 Å². The van der Waals surface area contributed by atoms with Crippen molar-refractivity contribution < 1.29 is 23.1 Å². The van der Waals surface area contributed by atoms with Crippen LogP contribution in [0.1, 0.15) is 6.92 Å². The summed E-state index contributed by atoms with van der Waals surface area (Å²) in [6.45, 7) is 0.169. The number of carbonyl (C=O) groups excluding carboxylic acids is 1. The first-order chi connectivity index (χ1) is 5.04. The third-order valence-corrected chi connectivity index (χ3v) is 0.839. The van der Waals surface area contributed by atoms with E-state index in [1.54, 1.807) is 0 Å². The molecule has 0 unspecified atom stereocenters. The number of rotatable bonds is 4. The summed E-state index contributed by atoms with van der Waals surface area (Å²) >= 11 is 0. The quantitative estimate of drug-likeness (QED) is 0.478. The predicted octanol–water partition coefficient (Wildman–Crippen LogP) is 0.0751. The topological polar surface area (TPSA) is 61.5 Å². The fraction of sp³-hybridized carbons (Fsp3) is 0.800. The van der Waals surface area contributed by atoms with Crippen molar-refractivity contribution in [2.45, 2.75) is 12.8 Å². The van der Waals surface area contributed by atoms with Crippen LogP contribution >= 0.6 is 0 Å². The van der Waals surface area contributed by atoms with Gasteiger partial charge in [-0.15, -0.1) is 0 Å². The number of halogens is 2. The average Bonchev–Trinajstić information content (AvgIpc) is 1.88. The zero-order valence-corrected chi connectivity index (χ0v) is 5.97. The lowest BCUT2D eigenvalue weighted by atomic mass is 10.4. The third kappa shape index (κ3) is 3.24. The molecule has 0 aliphatic heterocycles. The maximum Gasteiger partial charge on any atom is 0.379 e. The van der Waals surface area contributed by atoms with Crippen LogP contribution in [0.15, 0.2) is 0 Å². The number of hydrogen-bond donors (Lipinski definition) is 1. The highest BCUT2D eigenvalue weighted by Crippen LogP contribution is 2.14. The fourth-order valence-electron chi connectivity index (χ4n) is 0.400. The first-order valence-corrected chi connectivity index (χ1v) is 2.91. The van der Waals surface area contributed by atoms with E-state index in [0.717, 1.165) is 0 Å². The first-order valence-electron chi connectivity index (χ1n) is 2.91. The summed E-state index contributed by atoms with van der Waals surface area (Å²) in [6, 6.07) is 0. The largest absolute Gasteiger partial charge is 0.461 e. The first kappa shape index (κ1) is 10.2. The van der Waals surface area contributed by atoms with E-state index in [2.05, 4.69) is 15.5 Å². The third-order valence-electron chi connectivity index (χ3n) is 0.839. The highest BCUT2D eigenvalue weighted by atomic mass is 19.3. The van der Waals surface area contributed by atoms with E-state index in [4.69, 9.17) is 0 Å². The number of ether oxygens (including phenoxy) is 1. The Kier molecular flexibility index (Phi) is 3.91. The molecule has 2 N–H and O–H groups in total. The molecule has 0 atom stereocenters. The lowest BCUT2D eigenvalue weighted by Gasteiger charge is -2.11. The second-order valence-corrected chi connectivity index (χ2v) is 1.74. The molecule has 6 heteroatoms. The highest BCUT2D eigenvalue weighted by Gasteiger charge is 2.40. The zero-order chi connectivity index (χ0) is 8.91. The average molecular weight is 169 g/mol. The Morgan fingerprint density at radius 2 is 2.18 bits per heavy atom. The molecule has 0 bridgehead atoms. The van der Waals surface area contributed by atoms with Gasteiger partial charge in [-0.25, -0.2) is 10.7 Å². The van der Waals surface area contributed by atoms with E-state index in [-0.39, 0.29) is 6.61 Å². The van der Waals surface area contributed by atoms with Crippen molar-refractivity contribution in [3.8, 4) is 0 Å². The number of esters is 1. The van der Waals surface area contributed by atoms with Gasteiger partial charge in [-0.1, -0.05) is 0 Å². The van der Waals surface area contributed by atoms with E-state index < -0.39 is 18.5 Å². The van der Waals surface area contributed by atoms with Crippen LogP contribution in [-0.4, -0.2) is 25.1 Å². The van der Waals surface area contributed by atoms with Gasteiger partial charge in [-0.05, 0) is 6.92 Å². The van der Waals surface area contributed by atoms with Gasteiger partial charge in [0.1, 0.15) is 6.61 Å². The molecule has 0 saturated carbocycles. The van der Waals surface area contributed by atoms with Crippen LogP contribution in [0.3, 0.4) is 0 Å². The van der Waals surface area contributed by atoms with Crippen LogP contribution in [0.5, 0.6) is 0 Å². The van der Waals surface area contributed by atoms with Gasteiger partial charge in [-0.3, -0.25) is 4.84 Å². The Morgan fingerprint density at radius 1 is 1.64 bits per heavy atom. The molecule has 0 rings (SSSR count). The molecule has 0 amide bonds. The van der Waals surface area contributed by atoms with Crippen molar-refractivity contribution in [3.63, 3.8) is 0 Å². The van der Waals surface area contributed by atoms with E-state index in [1.165, 1.54) is 6.92 Å². The summed E-state index contributed by atoms with van der Waals surface area (Å²) in [7, 11) is 0. The molecule has 0 aliphatic rings. The van der Waals surface area contributed by atoms with Crippen molar-refractivity contribution in [1.82, 2.24) is 0 Å². The molecule has 0 aromatic rings. The summed E-state index contributed by atoms with van der Waals surface area (Å²) in [6.07, 6.45) is 0. The van der Waals surface area contributed by atoms with Gasteiger partial charge in [0.15, 0.2) is 0 Å². The Hall–Kier alpha value is -0.750. The second kappa shape index (κ2) is 4.20. The summed E-state index contributed by atoms with van der Waals surface area (Å²) in [5, 5.41) is 0. The summed E-state index contributed by atoms with van der Waals surface area (Å²) < 4.78 is 28.7. The maximum atomic E-state index is 12.3. The molecule has 0 spiro atoms. The van der Waals surface area contributed by atoms with Crippen LogP contribution in [0.4, 0.5) is 8.78 Å². The SMILES string of the molecule is CCOC(=O)C(F)(F)CON. The van der Waals surface area contributed by atoms with E-state index in [9.17, 15) is 13.6 Å². The lowest BCUT2D eigenvalue weighted by Crippen LogP contribution is -2.36. The number of alkyl halides is 2. The smallest absolute Gasteiger partial charge is 0.379 e. The Bertz CT molecular complexity index is 140. The number of hydrogen-bond acceptors (Lipinski definition) is 4. The van der Waals surface area contributed by atoms with Crippen molar-refractivity contribution in [2.24, 2.45) is 5.90 Å². The Balaban J connectivity index is 3.94. The highest BCUT2D eigenvalue weighted by molar-refractivity contribution is 5.77. The molecule has 0 saturated heterocycles. The molecule has 0 heterocycles. The minimum absolute atomic E-state index is 0.0982. The van der Waals surface area contributed by atoms with Gasteiger partial charge < -0.3 is 4.74 Å². The normalized spacial score (nSPS) is 11.3. The van der Waals surface area contributed by atoms with Crippen LogP contribution in [0, 0.1) is 0 Å². The van der Waals surface area contributed by atoms with Crippen molar-refractivity contribution in [2.75, 3.05) is 13.2 Å². The van der Waals surface area contributed by atoms with Gasteiger partial charge in [-0.2, -0.15) is 8.78 Å². The monoisotopic (exact) mass is 169 g/mol. The standard InChI is InChI=1S/C5H9F2NO3/c1-2-10-4(9)5(6,7)3-11-8/h2-3,8H2,1H3. The minimum atomic E-state index is -3.65. The molecule has 0 radical (unpaired) electrons. The zero-order valence-electron chi connectivity index (χ0n) is 5.97.